The Morgan fingerprint density at radius 2 is 1.85 bits per heavy atom. The molecule has 27 heavy (non-hydrogen) atoms. The second-order valence-corrected chi connectivity index (χ2v) is 6.56. The van der Waals surface area contributed by atoms with E-state index >= 15 is 0 Å². The predicted octanol–water partition coefficient (Wildman–Crippen LogP) is 4.60. The van der Waals surface area contributed by atoms with Crippen molar-refractivity contribution in [2.45, 2.75) is 46.3 Å². The third-order valence-corrected chi connectivity index (χ3v) is 4.44. The zero-order valence-electron chi connectivity index (χ0n) is 15.6. The molecule has 2 rings (SSSR count). The minimum absolute atomic E-state index is 0.0156. The van der Waals surface area contributed by atoms with E-state index in [0.717, 1.165) is 17.7 Å². The van der Waals surface area contributed by atoms with Crippen LogP contribution in [-0.4, -0.2) is 10.5 Å². The maximum atomic E-state index is 12.9. The summed E-state index contributed by atoms with van der Waals surface area (Å²) in [7, 11) is 0. The number of hydrogen-bond donors (Lipinski definition) is 1. The standard InChI is InChI=1S/C20H23F3N2O2/c1-4-15(5-2)18(26)24-17-9-13(3)11-25(19(17)27)12-14-7-6-8-16(10-14)20(21,22)23/h6-11,15H,4-5,12H2,1-3H3,(H,24,26). The molecule has 0 unspecified atom stereocenters. The lowest BCUT2D eigenvalue weighted by Gasteiger charge is -2.15. The number of nitrogens with one attached hydrogen (secondary N) is 1. The lowest BCUT2D eigenvalue weighted by molar-refractivity contribution is -0.137. The number of aromatic nitrogens is 1. The molecule has 0 saturated heterocycles. The number of amides is 1. The summed E-state index contributed by atoms with van der Waals surface area (Å²) in [6.45, 7) is 5.54. The maximum absolute atomic E-state index is 12.9. The van der Waals surface area contributed by atoms with Gasteiger partial charge in [-0.3, -0.25) is 9.59 Å². The fraction of sp³-hybridized carbons (Fsp3) is 0.400. The van der Waals surface area contributed by atoms with Crippen molar-refractivity contribution in [1.29, 1.82) is 0 Å². The van der Waals surface area contributed by atoms with E-state index in [2.05, 4.69) is 5.32 Å². The number of rotatable bonds is 6. The van der Waals surface area contributed by atoms with Crippen LogP contribution in [0.1, 0.15) is 43.4 Å². The molecule has 0 aliphatic heterocycles. The van der Waals surface area contributed by atoms with Gasteiger partial charge in [-0.1, -0.05) is 26.0 Å². The molecule has 0 fully saturated rings. The molecule has 0 aliphatic carbocycles. The minimum Gasteiger partial charge on any atom is -0.321 e. The fourth-order valence-corrected chi connectivity index (χ4v) is 2.93. The van der Waals surface area contributed by atoms with Crippen LogP contribution in [0.2, 0.25) is 0 Å². The zero-order chi connectivity index (χ0) is 20.2. The van der Waals surface area contributed by atoms with E-state index in [0.29, 0.717) is 18.4 Å². The Kier molecular flexibility index (Phi) is 6.46. The van der Waals surface area contributed by atoms with Gasteiger partial charge in [-0.25, -0.2) is 0 Å². The lowest BCUT2D eigenvalue weighted by atomic mass is 10.0. The normalized spacial score (nSPS) is 11.7. The van der Waals surface area contributed by atoms with Gasteiger partial charge < -0.3 is 9.88 Å². The number of carbonyl (C=O) groups is 1. The van der Waals surface area contributed by atoms with Crippen LogP contribution >= 0.6 is 0 Å². The summed E-state index contributed by atoms with van der Waals surface area (Å²) in [6.07, 6.45) is -1.56. The molecule has 146 valence electrons. The van der Waals surface area contributed by atoms with Crippen LogP contribution in [0.5, 0.6) is 0 Å². The van der Waals surface area contributed by atoms with E-state index in [-0.39, 0.29) is 24.1 Å². The van der Waals surface area contributed by atoms with Crippen LogP contribution in [0.4, 0.5) is 18.9 Å². The van der Waals surface area contributed by atoms with E-state index in [1.807, 2.05) is 13.8 Å². The number of nitrogens with zero attached hydrogens (tertiary/aromatic N) is 1. The molecule has 0 radical (unpaired) electrons. The van der Waals surface area contributed by atoms with Gasteiger partial charge in [0.05, 0.1) is 12.1 Å². The highest BCUT2D eigenvalue weighted by Gasteiger charge is 2.30. The molecule has 0 spiro atoms. The van der Waals surface area contributed by atoms with Gasteiger partial charge in [0, 0.05) is 12.1 Å². The third kappa shape index (κ3) is 5.21. The Hall–Kier alpha value is -2.57. The molecule has 7 heteroatoms. The first-order chi connectivity index (χ1) is 12.7. The van der Waals surface area contributed by atoms with Gasteiger partial charge in [-0.05, 0) is 49.1 Å². The molecule has 1 heterocycles. The van der Waals surface area contributed by atoms with E-state index in [4.69, 9.17) is 0 Å². The lowest BCUT2D eigenvalue weighted by Crippen LogP contribution is -2.29. The SMILES string of the molecule is CCC(CC)C(=O)Nc1cc(C)cn(Cc2cccc(C(F)(F)F)c2)c1=O. The highest BCUT2D eigenvalue weighted by atomic mass is 19.4. The summed E-state index contributed by atoms with van der Waals surface area (Å²) in [5.74, 6) is -0.421. The number of aryl methyl sites for hydroxylation is 1. The third-order valence-electron chi connectivity index (χ3n) is 4.44. The summed E-state index contributed by atoms with van der Waals surface area (Å²) in [4.78, 5) is 24.9. The van der Waals surface area contributed by atoms with Crippen molar-refractivity contribution >= 4 is 11.6 Å². The zero-order valence-corrected chi connectivity index (χ0v) is 15.6. The molecule has 0 atom stereocenters. The van der Waals surface area contributed by atoms with Crippen molar-refractivity contribution in [3.63, 3.8) is 0 Å². The molecule has 1 aromatic heterocycles. The molecule has 4 nitrogen and oxygen atoms in total. The Balaban J connectivity index is 2.33. The summed E-state index contributed by atoms with van der Waals surface area (Å²) >= 11 is 0. The van der Waals surface area contributed by atoms with Crippen molar-refractivity contribution in [2.24, 2.45) is 5.92 Å². The Labute approximate surface area is 156 Å². The molecule has 0 aliphatic rings. The quantitative estimate of drug-likeness (QED) is 0.796. The topological polar surface area (TPSA) is 51.1 Å². The molecule has 1 aromatic carbocycles. The Morgan fingerprint density at radius 1 is 1.19 bits per heavy atom. The predicted molar refractivity (Wildman–Crippen MR) is 98.7 cm³/mol. The molecule has 0 saturated carbocycles. The van der Waals surface area contributed by atoms with Crippen molar-refractivity contribution in [3.05, 3.63) is 63.6 Å². The van der Waals surface area contributed by atoms with Crippen LogP contribution in [-0.2, 0) is 17.5 Å². The van der Waals surface area contributed by atoms with Crippen LogP contribution in [0.15, 0.2) is 41.3 Å². The average Bonchev–Trinajstić information content (AvgIpc) is 2.59. The monoisotopic (exact) mass is 380 g/mol. The summed E-state index contributed by atoms with van der Waals surface area (Å²) in [6, 6.07) is 6.44. The van der Waals surface area contributed by atoms with Crippen LogP contribution < -0.4 is 10.9 Å². The molecule has 1 N–H and O–H groups in total. The molecular weight excluding hydrogens is 357 g/mol. The van der Waals surface area contributed by atoms with Gasteiger partial charge in [0.2, 0.25) is 5.91 Å². The van der Waals surface area contributed by atoms with E-state index in [1.165, 1.54) is 16.7 Å². The van der Waals surface area contributed by atoms with Gasteiger partial charge >= 0.3 is 6.18 Å². The fourth-order valence-electron chi connectivity index (χ4n) is 2.93. The minimum atomic E-state index is -4.44. The van der Waals surface area contributed by atoms with E-state index in [9.17, 15) is 22.8 Å². The summed E-state index contributed by atoms with van der Waals surface area (Å²) in [5, 5.41) is 2.66. The van der Waals surface area contributed by atoms with Crippen LogP contribution in [0.25, 0.3) is 0 Å². The van der Waals surface area contributed by atoms with E-state index < -0.39 is 17.3 Å². The summed E-state index contributed by atoms with van der Waals surface area (Å²) in [5.41, 5.74) is 0.00960. The second-order valence-electron chi connectivity index (χ2n) is 6.56. The van der Waals surface area contributed by atoms with Crippen molar-refractivity contribution in [2.75, 3.05) is 5.32 Å². The van der Waals surface area contributed by atoms with Crippen molar-refractivity contribution < 1.29 is 18.0 Å². The van der Waals surface area contributed by atoms with Gasteiger partial charge in [0.15, 0.2) is 0 Å². The van der Waals surface area contributed by atoms with Gasteiger partial charge in [0.25, 0.3) is 5.56 Å². The highest BCUT2D eigenvalue weighted by Crippen LogP contribution is 2.29. The van der Waals surface area contributed by atoms with Gasteiger partial charge in [0.1, 0.15) is 5.69 Å². The van der Waals surface area contributed by atoms with Crippen molar-refractivity contribution in [1.82, 2.24) is 4.57 Å². The number of hydrogen-bond acceptors (Lipinski definition) is 2. The number of benzene rings is 1. The number of halogens is 3. The smallest absolute Gasteiger partial charge is 0.321 e. The number of alkyl halides is 3. The first-order valence-corrected chi connectivity index (χ1v) is 8.83. The molecule has 1 amide bonds. The largest absolute Gasteiger partial charge is 0.416 e. The highest BCUT2D eigenvalue weighted by molar-refractivity contribution is 5.92. The Morgan fingerprint density at radius 3 is 2.44 bits per heavy atom. The number of carbonyl (C=O) groups excluding carboxylic acids is 1. The second kappa shape index (κ2) is 8.41. The first-order valence-electron chi connectivity index (χ1n) is 8.83. The average molecular weight is 380 g/mol. The number of anilines is 1. The molecule has 2 aromatic rings. The van der Waals surface area contributed by atoms with Gasteiger partial charge in [-0.15, -0.1) is 0 Å². The number of pyridine rings is 1. The Bertz CT molecular complexity index is 868. The van der Waals surface area contributed by atoms with Crippen molar-refractivity contribution in [3.8, 4) is 0 Å². The van der Waals surface area contributed by atoms with Gasteiger partial charge in [-0.2, -0.15) is 13.2 Å². The summed E-state index contributed by atoms with van der Waals surface area (Å²) < 4.78 is 40.0. The maximum Gasteiger partial charge on any atom is 0.416 e. The molecular formula is C20H23F3N2O2. The van der Waals surface area contributed by atoms with Crippen LogP contribution in [0.3, 0.4) is 0 Å². The first kappa shape index (κ1) is 20.7. The van der Waals surface area contributed by atoms with E-state index in [1.54, 1.807) is 19.2 Å². The van der Waals surface area contributed by atoms with Crippen LogP contribution in [0, 0.1) is 12.8 Å². The molecule has 0 bridgehead atoms.